The standard InChI is InChI=1S/C51H34B2N4O22/c1-6-4-9-12(17(41(72)47(78)33(9)64)49-54-50(22-31(62)8(3)32(63)46(77)42(22)73)56-51(55-49)23-39(70)25(53)45(76)48(79)43(23)74)11(6)34(65)13(10(59)5-58)16-35(66)14-15-26-18(24(52)44(75)40(15)71)37(68)19-28-20(30(61)7(2)29(19)60)38(69)21(36(16)67)27(14)57(26)28/h11,34,58-59,61-65,67-79H,1,4-5H2,2-3H3/b13-10+. The van der Waals surface area contributed by atoms with E-state index in [1.807, 2.05) is 0 Å². The summed E-state index contributed by atoms with van der Waals surface area (Å²) in [6.07, 6.45) is -3.27. The van der Waals surface area contributed by atoms with Crippen molar-refractivity contribution in [1.29, 1.82) is 0 Å². The number of hydrogen-bond acceptors (Lipinski definition) is 25. The number of phenols is 15. The van der Waals surface area contributed by atoms with Crippen LogP contribution in [0.5, 0.6) is 97.7 Å². The smallest absolute Gasteiger partial charge is 0.201 e. The molecule has 0 fully saturated rings. The van der Waals surface area contributed by atoms with Gasteiger partial charge in [-0.1, -0.05) is 12.2 Å². The summed E-state index contributed by atoms with van der Waals surface area (Å²) in [5.41, 5.74) is -13.4. The first-order valence-electron chi connectivity index (χ1n) is 22.7. The van der Waals surface area contributed by atoms with Crippen molar-refractivity contribution < 1.29 is 102 Å². The van der Waals surface area contributed by atoms with E-state index in [0.29, 0.717) is 0 Å². The summed E-state index contributed by atoms with van der Waals surface area (Å²) in [7, 11) is 12.0. The third kappa shape index (κ3) is 5.99. The molecule has 1 aliphatic rings. The van der Waals surface area contributed by atoms with Crippen LogP contribution in [0, 0.1) is 13.8 Å². The van der Waals surface area contributed by atoms with Crippen molar-refractivity contribution in [2.45, 2.75) is 32.3 Å². The first-order chi connectivity index (χ1) is 37.1. The normalized spacial score (nSPS) is 14.5. The average Bonchev–Trinajstić information content (AvgIpc) is 3.61. The van der Waals surface area contributed by atoms with E-state index in [9.17, 15) is 107 Å². The fourth-order valence-corrected chi connectivity index (χ4v) is 11.0. The van der Waals surface area contributed by atoms with Crippen LogP contribution in [-0.4, -0.2) is 150 Å². The zero-order chi connectivity index (χ0) is 57.7. The van der Waals surface area contributed by atoms with Crippen molar-refractivity contribution in [1.82, 2.24) is 19.4 Å². The Bertz CT molecular complexity index is 4550. The molecule has 28 heteroatoms. The summed E-state index contributed by atoms with van der Waals surface area (Å²) in [5, 5.41) is 223. The van der Waals surface area contributed by atoms with Crippen LogP contribution in [-0.2, 0) is 6.42 Å². The molecule has 0 aliphatic heterocycles. The van der Waals surface area contributed by atoms with E-state index in [0.717, 1.165) is 18.2 Å². The van der Waals surface area contributed by atoms with Crippen LogP contribution in [0.1, 0.15) is 33.7 Å². The number of aliphatic hydroxyl groups excluding tert-OH is 3. The number of aromatic nitrogens is 4. The molecular weight excluding hydrogens is 1040 g/mol. The number of benzene rings is 6. The SMILES string of the molecule is [B]c1c(O)c(O)c(O)c(-c2nc(-c3c(O)c(C)c(O)c(O)c3O)nc(-c3c(O)c(O)c(O)c4c3C(C(O)/C(=C(/O)CO)c3c(O)c5c(O)c6c(O)c(C)c(=O)c7c(O)c8c([B])c(O)c(O)c9c(c3=O)c5n(c67)c89)C(=C)C4)n2)c1O. The lowest BCUT2D eigenvalue weighted by atomic mass is 9.81. The second-order valence-electron chi connectivity index (χ2n) is 18.8. The predicted molar refractivity (Wildman–Crippen MR) is 276 cm³/mol. The second kappa shape index (κ2) is 16.2. The molecule has 0 amide bonds. The molecular formula is C51H34B2N4O22. The lowest BCUT2D eigenvalue weighted by Crippen LogP contribution is -2.26. The second-order valence-corrected chi connectivity index (χ2v) is 18.8. The molecule has 4 heterocycles. The van der Waals surface area contributed by atoms with Gasteiger partial charge in [0.05, 0.1) is 60.7 Å². The van der Waals surface area contributed by atoms with Gasteiger partial charge in [-0.05, 0) is 36.8 Å². The lowest BCUT2D eigenvalue weighted by Gasteiger charge is -2.27. The third-order valence-electron chi connectivity index (χ3n) is 14.8. The summed E-state index contributed by atoms with van der Waals surface area (Å²) >= 11 is 0. The van der Waals surface area contributed by atoms with Gasteiger partial charge < -0.3 is 107 Å². The van der Waals surface area contributed by atoms with Crippen LogP contribution < -0.4 is 21.8 Å². The zero-order valence-electron chi connectivity index (χ0n) is 40.0. The van der Waals surface area contributed by atoms with Crippen LogP contribution in [0.25, 0.3) is 88.6 Å². The van der Waals surface area contributed by atoms with Gasteiger partial charge >= 0.3 is 0 Å². The van der Waals surface area contributed by atoms with E-state index in [1.54, 1.807) is 0 Å². The molecule has 0 saturated heterocycles. The van der Waals surface area contributed by atoms with Crippen LogP contribution in [0.2, 0.25) is 0 Å². The maximum atomic E-state index is 15.4. The van der Waals surface area contributed by atoms with Crippen LogP contribution >= 0.6 is 0 Å². The monoisotopic (exact) mass is 1080 g/mol. The van der Waals surface area contributed by atoms with E-state index in [2.05, 4.69) is 21.5 Å². The molecule has 396 valence electrons. The number of fused-ring (bicyclic) bond motifs is 2. The minimum absolute atomic E-state index is 0.266. The number of aliphatic hydroxyl groups is 3. The average molecular weight is 1080 g/mol. The quantitative estimate of drug-likeness (QED) is 0.0204. The topological polar surface area (TPSA) is 482 Å². The Hall–Kier alpha value is -10.6. The van der Waals surface area contributed by atoms with E-state index in [4.69, 9.17) is 15.7 Å². The molecule has 1 aliphatic carbocycles. The maximum Gasteiger partial charge on any atom is 0.201 e. The molecule has 4 radical (unpaired) electrons. The largest absolute Gasteiger partial charge is 0.509 e. The minimum atomic E-state index is -2.64. The molecule has 0 bridgehead atoms. The molecule has 2 unspecified atom stereocenters. The molecule has 26 nitrogen and oxygen atoms in total. The highest BCUT2D eigenvalue weighted by atomic mass is 16.4. The Morgan fingerprint density at radius 2 is 1.00 bits per heavy atom. The summed E-state index contributed by atoms with van der Waals surface area (Å²) in [4.78, 5) is 41.7. The number of nitrogens with zero attached hydrogens (tertiary/aromatic N) is 4. The van der Waals surface area contributed by atoms with Gasteiger partial charge in [-0.3, -0.25) is 9.59 Å². The zero-order valence-corrected chi connectivity index (χ0v) is 40.0. The van der Waals surface area contributed by atoms with E-state index >= 15 is 4.79 Å². The highest BCUT2D eigenvalue weighted by Gasteiger charge is 2.45. The van der Waals surface area contributed by atoms with Crippen LogP contribution in [0.15, 0.2) is 27.5 Å². The Morgan fingerprint density at radius 3 is 1.59 bits per heavy atom. The Morgan fingerprint density at radius 1 is 0.519 bits per heavy atom. The van der Waals surface area contributed by atoms with Gasteiger partial charge in [0.15, 0.2) is 74.3 Å². The van der Waals surface area contributed by atoms with Crippen molar-refractivity contribution in [2.75, 3.05) is 6.61 Å². The molecule has 10 aromatic rings. The predicted octanol–water partition coefficient (Wildman–Crippen LogP) is 1.49. The first kappa shape index (κ1) is 50.6. The van der Waals surface area contributed by atoms with Gasteiger partial charge in [-0.2, -0.15) is 0 Å². The Balaban J connectivity index is 1.25. The number of aromatic hydroxyl groups is 17. The van der Waals surface area contributed by atoms with E-state index in [1.165, 1.54) is 0 Å². The number of phenolic OH excluding ortho intramolecular Hbond substituents is 15. The van der Waals surface area contributed by atoms with Gasteiger partial charge in [0, 0.05) is 33.6 Å². The van der Waals surface area contributed by atoms with Gasteiger partial charge in [-0.15, -0.1) is 0 Å². The van der Waals surface area contributed by atoms with Crippen molar-refractivity contribution in [2.24, 2.45) is 0 Å². The van der Waals surface area contributed by atoms with Crippen molar-refractivity contribution in [3.63, 3.8) is 0 Å². The van der Waals surface area contributed by atoms with Crippen LogP contribution in [0.3, 0.4) is 0 Å². The van der Waals surface area contributed by atoms with Gasteiger partial charge in [0.2, 0.25) is 17.2 Å². The molecule has 0 saturated carbocycles. The maximum absolute atomic E-state index is 15.4. The van der Waals surface area contributed by atoms with E-state index < -0.39 is 267 Å². The molecule has 2 atom stereocenters. The Labute approximate surface area is 438 Å². The fraction of sp³-hybridized carbons (Fsp3) is 0.118. The molecule has 6 aromatic carbocycles. The van der Waals surface area contributed by atoms with Crippen molar-refractivity contribution >= 4 is 81.1 Å². The Kier molecular flexibility index (Phi) is 10.4. The van der Waals surface area contributed by atoms with Crippen molar-refractivity contribution in [3.8, 4) is 132 Å². The number of rotatable bonds is 7. The first-order valence-corrected chi connectivity index (χ1v) is 22.7. The summed E-state index contributed by atoms with van der Waals surface area (Å²) in [6, 6.07) is 0. The molecule has 20 N–H and O–H groups in total. The van der Waals surface area contributed by atoms with Gasteiger partial charge in [0.1, 0.15) is 73.7 Å². The highest BCUT2D eigenvalue weighted by molar-refractivity contribution is 6.46. The number of hydrogen-bond donors (Lipinski definition) is 20. The molecule has 0 spiro atoms. The van der Waals surface area contributed by atoms with Gasteiger partial charge in [-0.25, -0.2) is 15.0 Å². The molecule has 11 rings (SSSR count). The lowest BCUT2D eigenvalue weighted by molar-refractivity contribution is 0.200. The highest BCUT2D eigenvalue weighted by Crippen LogP contribution is 2.60. The summed E-state index contributed by atoms with van der Waals surface area (Å²) < 4.78 is 0.983. The number of pyridine rings is 2. The van der Waals surface area contributed by atoms with Crippen LogP contribution in [0.4, 0.5) is 0 Å². The molecule has 79 heavy (non-hydrogen) atoms. The molecule has 4 aromatic heterocycles. The van der Waals surface area contributed by atoms with Gasteiger partial charge in [0.25, 0.3) is 0 Å². The summed E-state index contributed by atoms with van der Waals surface area (Å²) in [6.45, 7) is 4.60. The minimum Gasteiger partial charge on any atom is -0.509 e. The fourth-order valence-electron chi connectivity index (χ4n) is 11.0. The van der Waals surface area contributed by atoms with E-state index in [-0.39, 0.29) is 5.57 Å². The third-order valence-corrected chi connectivity index (χ3v) is 14.8. The summed E-state index contributed by atoms with van der Waals surface area (Å²) in [5.74, 6) is -27.1. The van der Waals surface area contributed by atoms with Crippen molar-refractivity contribution in [3.05, 3.63) is 66.2 Å².